The maximum absolute atomic E-state index is 8.58. The lowest BCUT2D eigenvalue weighted by atomic mass is 10.0. The smallest absolute Gasteiger partial charge is 0.0697 e. The van der Waals surface area contributed by atoms with Gasteiger partial charge in [-0.05, 0) is 19.4 Å². The number of ether oxygens (including phenoxy) is 1. The van der Waals surface area contributed by atoms with E-state index in [-0.39, 0.29) is 6.61 Å². The molecule has 26 heavy (non-hydrogen) atoms. The van der Waals surface area contributed by atoms with Crippen LogP contribution in [0.25, 0.3) is 0 Å². The number of hydrogen-bond donors (Lipinski definition) is 2. The summed E-state index contributed by atoms with van der Waals surface area (Å²) in [7, 11) is 0. The van der Waals surface area contributed by atoms with E-state index in [4.69, 9.17) is 15.6 Å². The number of aliphatic hydroxyl groups is 1. The highest BCUT2D eigenvalue weighted by molar-refractivity contribution is 4.49. The Morgan fingerprint density at radius 2 is 0.885 bits per heavy atom. The molecule has 0 bridgehead atoms. The maximum Gasteiger partial charge on any atom is 0.0697 e. The predicted molar refractivity (Wildman–Crippen MR) is 117 cm³/mol. The SMILES string of the molecule is CCCCCCCCCCCCCCCCCCOCCO.CCCN. The quantitative estimate of drug-likeness (QED) is 0.236. The zero-order valence-electron chi connectivity index (χ0n) is 18.3. The Morgan fingerprint density at radius 3 is 1.19 bits per heavy atom. The fraction of sp³-hybridized carbons (Fsp3) is 1.00. The largest absolute Gasteiger partial charge is 0.394 e. The van der Waals surface area contributed by atoms with Crippen LogP contribution < -0.4 is 5.73 Å². The molecule has 0 rings (SSSR count). The molecular weight excluding hydrogens is 322 g/mol. The number of aliphatic hydroxyl groups excluding tert-OH is 1. The Labute approximate surface area is 165 Å². The molecule has 0 spiro atoms. The third-order valence-corrected chi connectivity index (χ3v) is 4.67. The lowest BCUT2D eigenvalue weighted by Gasteiger charge is -2.04. The molecule has 0 aliphatic rings. The lowest BCUT2D eigenvalue weighted by molar-refractivity contribution is 0.0895. The number of nitrogens with two attached hydrogens (primary N) is 1. The summed E-state index contributed by atoms with van der Waals surface area (Å²) in [5, 5.41) is 8.58. The summed E-state index contributed by atoms with van der Waals surface area (Å²) in [6, 6.07) is 0. The highest BCUT2D eigenvalue weighted by atomic mass is 16.5. The summed E-state index contributed by atoms with van der Waals surface area (Å²) >= 11 is 0. The van der Waals surface area contributed by atoms with Crippen LogP contribution in [-0.2, 0) is 4.74 Å². The zero-order valence-corrected chi connectivity index (χ0v) is 18.3. The molecule has 0 saturated heterocycles. The first-order valence-corrected chi connectivity index (χ1v) is 11.7. The van der Waals surface area contributed by atoms with E-state index in [0.717, 1.165) is 26.0 Å². The van der Waals surface area contributed by atoms with Crippen LogP contribution in [0.1, 0.15) is 123 Å². The summed E-state index contributed by atoms with van der Waals surface area (Å²) in [5.41, 5.74) is 5.03. The topological polar surface area (TPSA) is 55.5 Å². The monoisotopic (exact) mass is 373 g/mol. The summed E-state index contributed by atoms with van der Waals surface area (Å²) in [6.07, 6.45) is 23.5. The maximum atomic E-state index is 8.58. The second-order valence-corrected chi connectivity index (χ2v) is 7.43. The van der Waals surface area contributed by atoms with Gasteiger partial charge in [0.15, 0.2) is 0 Å². The van der Waals surface area contributed by atoms with E-state index in [1.165, 1.54) is 96.3 Å². The van der Waals surface area contributed by atoms with Crippen LogP contribution in [0.4, 0.5) is 0 Å². The first kappa shape index (κ1) is 28.1. The van der Waals surface area contributed by atoms with E-state index in [1.54, 1.807) is 0 Å². The highest BCUT2D eigenvalue weighted by Gasteiger charge is 1.94. The van der Waals surface area contributed by atoms with Crippen molar-refractivity contribution in [1.29, 1.82) is 0 Å². The van der Waals surface area contributed by atoms with E-state index in [1.807, 2.05) is 0 Å². The average Bonchev–Trinajstić information content (AvgIpc) is 2.67. The van der Waals surface area contributed by atoms with Crippen molar-refractivity contribution in [3.05, 3.63) is 0 Å². The summed E-state index contributed by atoms with van der Waals surface area (Å²) in [4.78, 5) is 0. The van der Waals surface area contributed by atoms with Crippen molar-refractivity contribution >= 4 is 0 Å². The minimum absolute atomic E-state index is 0.152. The van der Waals surface area contributed by atoms with E-state index >= 15 is 0 Å². The molecule has 0 heterocycles. The Kier molecular flexibility index (Phi) is 32.0. The van der Waals surface area contributed by atoms with E-state index in [0.29, 0.717) is 6.61 Å². The number of hydrogen-bond acceptors (Lipinski definition) is 3. The number of unbranched alkanes of at least 4 members (excludes halogenated alkanes) is 15. The molecule has 0 amide bonds. The van der Waals surface area contributed by atoms with E-state index < -0.39 is 0 Å². The van der Waals surface area contributed by atoms with Crippen molar-refractivity contribution in [3.8, 4) is 0 Å². The van der Waals surface area contributed by atoms with Gasteiger partial charge >= 0.3 is 0 Å². The van der Waals surface area contributed by atoms with Crippen molar-refractivity contribution in [2.24, 2.45) is 5.73 Å². The van der Waals surface area contributed by atoms with Gasteiger partial charge in [-0.3, -0.25) is 0 Å². The Hall–Kier alpha value is -0.120. The molecule has 0 unspecified atom stereocenters. The van der Waals surface area contributed by atoms with Crippen molar-refractivity contribution < 1.29 is 9.84 Å². The van der Waals surface area contributed by atoms with Crippen LogP contribution in [-0.4, -0.2) is 31.5 Å². The summed E-state index contributed by atoms with van der Waals surface area (Å²) in [6.45, 7) is 6.63. The fourth-order valence-electron chi connectivity index (χ4n) is 2.92. The Morgan fingerprint density at radius 1 is 0.538 bits per heavy atom. The molecule has 0 aromatic heterocycles. The van der Waals surface area contributed by atoms with Crippen LogP contribution in [0.2, 0.25) is 0 Å². The van der Waals surface area contributed by atoms with Crippen LogP contribution >= 0.6 is 0 Å². The molecule has 0 fully saturated rings. The second-order valence-electron chi connectivity index (χ2n) is 7.43. The zero-order chi connectivity index (χ0) is 19.6. The average molecular weight is 374 g/mol. The van der Waals surface area contributed by atoms with Crippen molar-refractivity contribution in [2.45, 2.75) is 123 Å². The van der Waals surface area contributed by atoms with Gasteiger partial charge in [0.1, 0.15) is 0 Å². The molecule has 3 nitrogen and oxygen atoms in total. The normalized spacial score (nSPS) is 10.6. The molecular formula is C23H51NO2. The van der Waals surface area contributed by atoms with E-state index in [9.17, 15) is 0 Å². The van der Waals surface area contributed by atoms with Crippen molar-refractivity contribution in [2.75, 3.05) is 26.4 Å². The third kappa shape index (κ3) is 31.6. The first-order valence-electron chi connectivity index (χ1n) is 11.7. The summed E-state index contributed by atoms with van der Waals surface area (Å²) in [5.74, 6) is 0. The fourth-order valence-corrected chi connectivity index (χ4v) is 2.92. The van der Waals surface area contributed by atoms with Gasteiger partial charge < -0.3 is 15.6 Å². The van der Waals surface area contributed by atoms with E-state index in [2.05, 4.69) is 13.8 Å². The first-order chi connectivity index (χ1) is 12.8. The Balaban J connectivity index is 0. The van der Waals surface area contributed by atoms with Gasteiger partial charge in [-0.15, -0.1) is 0 Å². The molecule has 0 atom stereocenters. The highest BCUT2D eigenvalue weighted by Crippen LogP contribution is 2.13. The Bertz CT molecular complexity index is 190. The predicted octanol–water partition coefficient (Wildman–Crippen LogP) is 6.61. The van der Waals surface area contributed by atoms with Crippen molar-refractivity contribution in [3.63, 3.8) is 0 Å². The van der Waals surface area contributed by atoms with Gasteiger partial charge in [0.25, 0.3) is 0 Å². The molecule has 0 saturated carbocycles. The molecule has 3 N–H and O–H groups in total. The van der Waals surface area contributed by atoms with Crippen LogP contribution in [0.15, 0.2) is 0 Å². The van der Waals surface area contributed by atoms with Gasteiger partial charge in [0, 0.05) is 6.61 Å². The second kappa shape index (κ2) is 29.6. The van der Waals surface area contributed by atoms with Crippen LogP contribution in [0.3, 0.4) is 0 Å². The van der Waals surface area contributed by atoms with Crippen LogP contribution in [0, 0.1) is 0 Å². The summed E-state index contributed by atoms with van der Waals surface area (Å²) < 4.78 is 5.25. The minimum atomic E-state index is 0.152. The number of rotatable bonds is 20. The standard InChI is InChI=1S/C20H42O2.C3H9N/c1-2-3-4-5-6-7-8-9-10-11-12-13-14-15-16-17-19-22-20-18-21;1-2-3-4/h21H,2-20H2,1H3;2-4H2,1H3. The molecule has 0 aromatic carbocycles. The molecule has 0 aliphatic heterocycles. The van der Waals surface area contributed by atoms with Gasteiger partial charge in [0.2, 0.25) is 0 Å². The van der Waals surface area contributed by atoms with Gasteiger partial charge in [0.05, 0.1) is 13.2 Å². The van der Waals surface area contributed by atoms with Crippen molar-refractivity contribution in [1.82, 2.24) is 0 Å². The van der Waals surface area contributed by atoms with Crippen LogP contribution in [0.5, 0.6) is 0 Å². The van der Waals surface area contributed by atoms with Gasteiger partial charge in [-0.1, -0.05) is 110 Å². The minimum Gasteiger partial charge on any atom is -0.394 e. The molecule has 3 heteroatoms. The molecule has 0 aromatic rings. The molecule has 0 aliphatic carbocycles. The van der Waals surface area contributed by atoms with Gasteiger partial charge in [-0.25, -0.2) is 0 Å². The van der Waals surface area contributed by atoms with Gasteiger partial charge in [-0.2, -0.15) is 0 Å². The molecule has 160 valence electrons. The third-order valence-electron chi connectivity index (χ3n) is 4.67. The lowest BCUT2D eigenvalue weighted by Crippen LogP contribution is -2.00. The molecule has 0 radical (unpaired) electrons.